The summed E-state index contributed by atoms with van der Waals surface area (Å²) in [7, 11) is -2.35. The van der Waals surface area contributed by atoms with Crippen molar-refractivity contribution in [3.05, 3.63) is 35.8 Å². The normalized spacial score (nSPS) is 17.1. The lowest BCUT2D eigenvalue weighted by Gasteiger charge is -2.29. The Morgan fingerprint density at radius 3 is 2.74 bits per heavy atom. The van der Waals surface area contributed by atoms with E-state index >= 15 is 0 Å². The number of hydrogen-bond donors (Lipinski definition) is 0. The number of ketones is 1. The van der Waals surface area contributed by atoms with Crippen LogP contribution in [0.4, 0.5) is 5.69 Å². The van der Waals surface area contributed by atoms with Gasteiger partial charge in [0.2, 0.25) is 0 Å². The Hall–Kier alpha value is -2.35. The van der Waals surface area contributed by atoms with E-state index in [1.54, 1.807) is 24.4 Å². The summed E-state index contributed by atoms with van der Waals surface area (Å²) in [6, 6.07) is 4.90. The standard InChI is InChI=1S/C19H23N3O4S/c1-3-18-20-19(12-21(18)11-13-4-5-13)27(24,25)22-9-8-17(23)15-7-6-14(26-2)10-16(15)22/h6-7,10,12-13H,3-5,8-9,11H2,1-2H3. The van der Waals surface area contributed by atoms with E-state index in [-0.39, 0.29) is 23.8 Å². The van der Waals surface area contributed by atoms with E-state index in [1.165, 1.54) is 24.3 Å². The molecule has 7 nitrogen and oxygen atoms in total. The van der Waals surface area contributed by atoms with Crippen molar-refractivity contribution in [1.29, 1.82) is 0 Å². The second-order valence-electron chi connectivity index (χ2n) is 7.08. The number of fused-ring (bicyclic) bond motifs is 1. The van der Waals surface area contributed by atoms with Gasteiger partial charge in [0.15, 0.2) is 10.8 Å². The number of carbonyl (C=O) groups excluding carboxylic acids is 1. The zero-order chi connectivity index (χ0) is 19.2. The number of benzene rings is 1. The minimum absolute atomic E-state index is 0.0446. The molecule has 0 spiro atoms. The first kappa shape index (κ1) is 18.0. The molecule has 0 unspecified atom stereocenters. The van der Waals surface area contributed by atoms with Crippen LogP contribution in [0.25, 0.3) is 0 Å². The molecule has 2 heterocycles. The second kappa shape index (κ2) is 6.67. The van der Waals surface area contributed by atoms with Crippen LogP contribution in [0.3, 0.4) is 0 Å². The van der Waals surface area contributed by atoms with E-state index in [9.17, 15) is 13.2 Å². The molecule has 2 aromatic rings. The third kappa shape index (κ3) is 3.22. The van der Waals surface area contributed by atoms with Crippen molar-refractivity contribution < 1.29 is 17.9 Å². The van der Waals surface area contributed by atoms with Gasteiger partial charge >= 0.3 is 0 Å². The number of Topliss-reactive ketones (excluding diaryl/α,β-unsaturated/α-hetero) is 1. The Balaban J connectivity index is 1.75. The molecule has 0 N–H and O–H groups in total. The van der Waals surface area contributed by atoms with E-state index in [0.717, 1.165) is 12.4 Å². The first-order valence-corrected chi connectivity index (χ1v) is 10.7. The fourth-order valence-corrected chi connectivity index (χ4v) is 4.92. The highest BCUT2D eigenvalue weighted by molar-refractivity contribution is 7.92. The zero-order valence-electron chi connectivity index (χ0n) is 15.5. The molecule has 1 fully saturated rings. The van der Waals surface area contributed by atoms with E-state index in [2.05, 4.69) is 4.98 Å². The van der Waals surface area contributed by atoms with Gasteiger partial charge in [-0.2, -0.15) is 8.42 Å². The van der Waals surface area contributed by atoms with Crippen LogP contribution in [-0.4, -0.2) is 37.4 Å². The molecule has 8 heteroatoms. The Labute approximate surface area is 159 Å². The van der Waals surface area contributed by atoms with E-state index in [0.29, 0.717) is 29.3 Å². The summed E-state index contributed by atoms with van der Waals surface area (Å²) in [5.41, 5.74) is 0.763. The number of hydrogen-bond acceptors (Lipinski definition) is 5. The number of carbonyl (C=O) groups is 1. The highest BCUT2D eigenvalue weighted by Gasteiger charge is 2.35. The number of sulfonamides is 1. The topological polar surface area (TPSA) is 81.5 Å². The largest absolute Gasteiger partial charge is 0.497 e. The number of imidazole rings is 1. The number of aryl methyl sites for hydroxylation is 1. The van der Waals surface area contributed by atoms with Crippen LogP contribution in [0.2, 0.25) is 0 Å². The maximum absolute atomic E-state index is 13.3. The van der Waals surface area contributed by atoms with Crippen molar-refractivity contribution in [2.75, 3.05) is 18.0 Å². The summed E-state index contributed by atoms with van der Waals surface area (Å²) in [5.74, 6) is 1.85. The molecule has 1 aromatic heterocycles. The lowest BCUT2D eigenvalue weighted by Crippen LogP contribution is -2.37. The number of nitrogens with zero attached hydrogens (tertiary/aromatic N) is 3. The summed E-state index contributed by atoms with van der Waals surface area (Å²) in [4.78, 5) is 16.7. The molecule has 1 aliphatic heterocycles. The van der Waals surface area contributed by atoms with Gasteiger partial charge in [-0.05, 0) is 30.9 Å². The van der Waals surface area contributed by atoms with Crippen LogP contribution in [0.1, 0.15) is 42.4 Å². The Morgan fingerprint density at radius 1 is 1.30 bits per heavy atom. The van der Waals surface area contributed by atoms with Crippen molar-refractivity contribution in [1.82, 2.24) is 9.55 Å². The molecule has 0 atom stereocenters. The number of anilines is 1. The molecule has 2 aliphatic rings. The SMILES string of the molecule is CCc1nc(S(=O)(=O)N2CCC(=O)c3ccc(OC)cc32)cn1CC1CC1. The van der Waals surface area contributed by atoms with Crippen molar-refractivity contribution >= 4 is 21.5 Å². The highest BCUT2D eigenvalue weighted by Crippen LogP contribution is 2.35. The minimum atomic E-state index is -3.86. The van der Waals surface area contributed by atoms with Crippen molar-refractivity contribution in [3.8, 4) is 5.75 Å². The predicted octanol–water partition coefficient (Wildman–Crippen LogP) is 2.65. The third-order valence-electron chi connectivity index (χ3n) is 5.18. The van der Waals surface area contributed by atoms with Gasteiger partial charge < -0.3 is 9.30 Å². The average molecular weight is 389 g/mol. The van der Waals surface area contributed by atoms with Crippen LogP contribution >= 0.6 is 0 Å². The Morgan fingerprint density at radius 2 is 2.07 bits per heavy atom. The summed E-state index contributed by atoms with van der Waals surface area (Å²) >= 11 is 0. The lowest BCUT2D eigenvalue weighted by atomic mass is 10.0. The molecule has 0 bridgehead atoms. The lowest BCUT2D eigenvalue weighted by molar-refractivity contribution is 0.0982. The van der Waals surface area contributed by atoms with Crippen LogP contribution in [0, 0.1) is 5.92 Å². The molecule has 1 aromatic carbocycles. The van der Waals surface area contributed by atoms with Gasteiger partial charge in [-0.15, -0.1) is 0 Å². The number of aromatic nitrogens is 2. The maximum Gasteiger partial charge on any atom is 0.283 e. The molecule has 0 amide bonds. The van der Waals surface area contributed by atoms with Crippen LogP contribution in [0.15, 0.2) is 29.4 Å². The third-order valence-corrected chi connectivity index (χ3v) is 6.86. The molecule has 4 rings (SSSR count). The van der Waals surface area contributed by atoms with E-state index in [4.69, 9.17) is 4.74 Å². The highest BCUT2D eigenvalue weighted by atomic mass is 32.2. The van der Waals surface area contributed by atoms with E-state index < -0.39 is 10.0 Å². The summed E-state index contributed by atoms with van der Waals surface area (Å²) < 4.78 is 35.1. The molecule has 0 saturated heterocycles. The van der Waals surface area contributed by atoms with Gasteiger partial charge in [0.05, 0.1) is 12.8 Å². The zero-order valence-corrected chi connectivity index (χ0v) is 16.3. The molecular formula is C19H23N3O4S. The molecule has 144 valence electrons. The second-order valence-corrected chi connectivity index (χ2v) is 8.89. The molecule has 0 radical (unpaired) electrons. The van der Waals surface area contributed by atoms with Crippen LogP contribution < -0.4 is 9.04 Å². The van der Waals surface area contributed by atoms with Crippen LogP contribution in [-0.2, 0) is 23.0 Å². The number of ether oxygens (including phenoxy) is 1. The van der Waals surface area contributed by atoms with Gasteiger partial charge in [0, 0.05) is 43.8 Å². The molecule has 27 heavy (non-hydrogen) atoms. The molecular weight excluding hydrogens is 366 g/mol. The van der Waals surface area contributed by atoms with Crippen molar-refractivity contribution in [2.24, 2.45) is 5.92 Å². The fourth-order valence-electron chi connectivity index (χ4n) is 3.47. The number of rotatable bonds is 6. The van der Waals surface area contributed by atoms with E-state index in [1.807, 2.05) is 11.5 Å². The van der Waals surface area contributed by atoms with Gasteiger partial charge in [-0.25, -0.2) is 4.98 Å². The first-order valence-electron chi connectivity index (χ1n) is 9.24. The fraction of sp³-hybridized carbons (Fsp3) is 0.474. The van der Waals surface area contributed by atoms with Gasteiger partial charge in [0.1, 0.15) is 11.6 Å². The van der Waals surface area contributed by atoms with Gasteiger partial charge in [0.25, 0.3) is 10.0 Å². The smallest absolute Gasteiger partial charge is 0.283 e. The molecule has 1 saturated carbocycles. The Bertz CT molecular complexity index is 992. The van der Waals surface area contributed by atoms with Crippen molar-refractivity contribution in [2.45, 2.75) is 44.2 Å². The quantitative estimate of drug-likeness (QED) is 0.759. The van der Waals surface area contributed by atoms with Gasteiger partial charge in [-0.3, -0.25) is 9.10 Å². The monoisotopic (exact) mass is 389 g/mol. The molecule has 1 aliphatic carbocycles. The van der Waals surface area contributed by atoms with Gasteiger partial charge in [-0.1, -0.05) is 6.92 Å². The number of methoxy groups -OCH3 is 1. The minimum Gasteiger partial charge on any atom is -0.497 e. The predicted molar refractivity (Wildman–Crippen MR) is 101 cm³/mol. The average Bonchev–Trinajstić information content (AvgIpc) is 3.38. The van der Waals surface area contributed by atoms with Crippen LogP contribution in [0.5, 0.6) is 5.75 Å². The summed E-state index contributed by atoms with van der Waals surface area (Å²) in [5, 5.41) is 0.0446. The Kier molecular flexibility index (Phi) is 4.46. The summed E-state index contributed by atoms with van der Waals surface area (Å²) in [6.45, 7) is 2.90. The maximum atomic E-state index is 13.3. The van der Waals surface area contributed by atoms with Crippen molar-refractivity contribution in [3.63, 3.8) is 0 Å². The summed E-state index contributed by atoms with van der Waals surface area (Å²) in [6.07, 6.45) is 4.84. The first-order chi connectivity index (χ1) is 12.9.